The minimum Gasteiger partial charge on any atom is -0.493 e. The first-order chi connectivity index (χ1) is 21.6. The van der Waals surface area contributed by atoms with Crippen LogP contribution in [-0.4, -0.2) is 93.9 Å². The number of carbonyl (C=O) groups is 3. The third-order valence-corrected chi connectivity index (χ3v) is 6.59. The summed E-state index contributed by atoms with van der Waals surface area (Å²) in [6, 6.07) is 2.71. The first kappa shape index (κ1) is 40.3. The predicted molar refractivity (Wildman–Crippen MR) is 170 cm³/mol. The van der Waals surface area contributed by atoms with Gasteiger partial charge in [-0.25, -0.2) is 4.79 Å². The summed E-state index contributed by atoms with van der Waals surface area (Å²) in [6.07, 6.45) is 1.28. The molecular formula is C31H52N4O11. The molecule has 0 spiro atoms. The Morgan fingerprint density at radius 3 is 2.24 bits per heavy atom. The van der Waals surface area contributed by atoms with E-state index >= 15 is 0 Å². The van der Waals surface area contributed by atoms with Gasteiger partial charge in [0.1, 0.15) is 0 Å². The van der Waals surface area contributed by atoms with E-state index in [1.807, 2.05) is 41.5 Å². The van der Waals surface area contributed by atoms with Gasteiger partial charge >= 0.3 is 12.1 Å². The van der Waals surface area contributed by atoms with Crippen LogP contribution in [0.5, 0.6) is 11.5 Å². The Morgan fingerprint density at radius 1 is 0.935 bits per heavy atom. The van der Waals surface area contributed by atoms with E-state index in [1.165, 1.54) is 26.4 Å². The Morgan fingerprint density at radius 2 is 1.61 bits per heavy atom. The zero-order valence-electron chi connectivity index (χ0n) is 28.4. The fourth-order valence-corrected chi connectivity index (χ4v) is 4.20. The Bertz CT molecular complexity index is 1130. The molecule has 15 nitrogen and oxygen atoms in total. The number of hydrogen-bond donors (Lipinski definition) is 3. The Balaban J connectivity index is 2.32. The summed E-state index contributed by atoms with van der Waals surface area (Å²) in [5.74, 6) is -0.318. The van der Waals surface area contributed by atoms with E-state index in [0.717, 1.165) is 6.42 Å². The van der Waals surface area contributed by atoms with Gasteiger partial charge in [-0.2, -0.15) is 0 Å². The van der Waals surface area contributed by atoms with Crippen LogP contribution < -0.4 is 25.4 Å². The highest BCUT2D eigenvalue weighted by Gasteiger charge is 2.24. The molecule has 46 heavy (non-hydrogen) atoms. The van der Waals surface area contributed by atoms with Crippen LogP contribution in [0.3, 0.4) is 0 Å². The van der Waals surface area contributed by atoms with E-state index in [1.54, 1.807) is 0 Å². The number of nitro groups is 1. The highest BCUT2D eigenvalue weighted by molar-refractivity contribution is 5.76. The van der Waals surface area contributed by atoms with Crippen LogP contribution in [0.2, 0.25) is 0 Å². The fourth-order valence-electron chi connectivity index (χ4n) is 4.20. The van der Waals surface area contributed by atoms with E-state index in [-0.39, 0.29) is 80.6 Å². The molecular weight excluding hydrogens is 604 g/mol. The smallest absolute Gasteiger partial charge is 0.407 e. The van der Waals surface area contributed by atoms with Gasteiger partial charge in [-0.15, -0.1) is 0 Å². The van der Waals surface area contributed by atoms with Crippen molar-refractivity contribution in [2.75, 3.05) is 53.7 Å². The lowest BCUT2D eigenvalue weighted by Gasteiger charge is -2.31. The lowest BCUT2D eigenvalue weighted by atomic mass is 10.0. The summed E-state index contributed by atoms with van der Waals surface area (Å²) in [7, 11) is 2.65. The molecule has 2 amide bonds. The maximum absolute atomic E-state index is 12.2. The van der Waals surface area contributed by atoms with Crippen molar-refractivity contribution in [3.05, 3.63) is 27.8 Å². The van der Waals surface area contributed by atoms with Crippen LogP contribution in [0.25, 0.3) is 0 Å². The number of esters is 1. The molecule has 0 aliphatic heterocycles. The topological polar surface area (TPSA) is 186 Å². The summed E-state index contributed by atoms with van der Waals surface area (Å²) in [4.78, 5) is 46.5. The minimum absolute atomic E-state index is 0.0376. The Labute approximate surface area is 271 Å². The molecule has 0 saturated heterocycles. The van der Waals surface area contributed by atoms with Gasteiger partial charge in [0.2, 0.25) is 5.91 Å². The zero-order chi connectivity index (χ0) is 34.8. The average Bonchev–Trinajstić information content (AvgIpc) is 2.96. The average molecular weight is 657 g/mol. The van der Waals surface area contributed by atoms with Crippen LogP contribution >= 0.6 is 0 Å². The van der Waals surface area contributed by atoms with Crippen LogP contribution in [0, 0.1) is 10.1 Å². The number of alkyl carbamates (subject to hydrolysis) is 1. The molecule has 0 saturated carbocycles. The summed E-state index contributed by atoms with van der Waals surface area (Å²) >= 11 is 0. The monoisotopic (exact) mass is 656 g/mol. The molecule has 0 aliphatic rings. The summed E-state index contributed by atoms with van der Waals surface area (Å²) in [5.41, 5.74) is -0.666. The number of nitrogens with zero attached hydrogens (tertiary/aromatic N) is 1. The van der Waals surface area contributed by atoms with Crippen molar-refractivity contribution in [1.29, 1.82) is 0 Å². The summed E-state index contributed by atoms with van der Waals surface area (Å²) < 4.78 is 32.6. The molecule has 0 atom stereocenters. The van der Waals surface area contributed by atoms with Crippen molar-refractivity contribution in [2.45, 2.75) is 91.1 Å². The van der Waals surface area contributed by atoms with Gasteiger partial charge in [0, 0.05) is 38.0 Å². The molecule has 0 radical (unpaired) electrons. The van der Waals surface area contributed by atoms with Gasteiger partial charge in [0.15, 0.2) is 11.5 Å². The minimum atomic E-state index is -0.585. The zero-order valence-corrected chi connectivity index (χ0v) is 28.4. The number of benzene rings is 1. The van der Waals surface area contributed by atoms with E-state index in [2.05, 4.69) is 20.7 Å². The number of nitro benzene ring substituents is 1. The Hall–Kier alpha value is -3.69. The van der Waals surface area contributed by atoms with Crippen molar-refractivity contribution in [3.63, 3.8) is 0 Å². The number of nitrogens with one attached hydrogen (secondary N) is 3. The molecule has 15 heteroatoms. The van der Waals surface area contributed by atoms with Gasteiger partial charge in [0.25, 0.3) is 5.69 Å². The highest BCUT2D eigenvalue weighted by Crippen LogP contribution is 2.35. The number of ether oxygens (including phenoxy) is 6. The van der Waals surface area contributed by atoms with E-state index < -0.39 is 22.6 Å². The Kier molecular flexibility index (Phi) is 17.9. The lowest BCUT2D eigenvalue weighted by Crippen LogP contribution is -2.36. The van der Waals surface area contributed by atoms with E-state index in [4.69, 9.17) is 23.7 Å². The standard InChI is InChI=1S/C31H52N4O11/c1-22(2)46-31(5,6)12-17-45-30(3,4)11-16-44-29(38)34-14-13-33-27(36)10-9-15-43-26-19-24(35(39)40)23(18-25(26)41-7)20-32-21-28(37)42-8/h18-19,22,32H,9-17,20-21H2,1-8H3,(H,33,36)(H,34,38). The molecule has 0 fully saturated rings. The van der Waals surface area contributed by atoms with Gasteiger partial charge in [-0.05, 0) is 60.5 Å². The summed E-state index contributed by atoms with van der Waals surface area (Å²) in [5, 5.41) is 19.7. The largest absolute Gasteiger partial charge is 0.493 e. The van der Waals surface area contributed by atoms with Crippen molar-refractivity contribution in [1.82, 2.24) is 16.0 Å². The fraction of sp³-hybridized carbons (Fsp3) is 0.710. The van der Waals surface area contributed by atoms with Gasteiger partial charge < -0.3 is 44.4 Å². The quantitative estimate of drug-likeness (QED) is 0.0673. The molecule has 0 bridgehead atoms. The van der Waals surface area contributed by atoms with Crippen LogP contribution in [0.4, 0.5) is 10.5 Å². The predicted octanol–water partition coefficient (Wildman–Crippen LogP) is 3.65. The van der Waals surface area contributed by atoms with Crippen molar-refractivity contribution < 1.29 is 47.7 Å². The second-order valence-corrected chi connectivity index (χ2v) is 12.0. The van der Waals surface area contributed by atoms with Crippen molar-refractivity contribution in [2.24, 2.45) is 0 Å². The maximum atomic E-state index is 12.2. The lowest BCUT2D eigenvalue weighted by molar-refractivity contribution is -0.385. The van der Waals surface area contributed by atoms with E-state index in [9.17, 15) is 24.5 Å². The molecule has 262 valence electrons. The number of hydrogen-bond acceptors (Lipinski definition) is 12. The maximum Gasteiger partial charge on any atom is 0.407 e. The third-order valence-electron chi connectivity index (χ3n) is 6.59. The molecule has 1 aromatic carbocycles. The third kappa shape index (κ3) is 17.1. The van der Waals surface area contributed by atoms with Crippen LogP contribution in [-0.2, 0) is 35.1 Å². The molecule has 0 aliphatic carbocycles. The second kappa shape index (κ2) is 20.4. The summed E-state index contributed by atoms with van der Waals surface area (Å²) in [6.45, 7) is 13.1. The normalized spacial score (nSPS) is 11.6. The SMILES string of the molecule is COC(=O)CNCc1cc(OC)c(OCCCC(=O)NCCNC(=O)OCCC(C)(C)OCCC(C)(C)OC(C)C)cc1[N+](=O)[O-]. The van der Waals surface area contributed by atoms with Crippen molar-refractivity contribution in [3.8, 4) is 11.5 Å². The highest BCUT2D eigenvalue weighted by atomic mass is 16.6. The van der Waals surface area contributed by atoms with Crippen LogP contribution in [0.15, 0.2) is 12.1 Å². The molecule has 0 heterocycles. The first-order valence-corrected chi connectivity index (χ1v) is 15.3. The number of rotatable bonds is 23. The van der Waals surface area contributed by atoms with E-state index in [0.29, 0.717) is 25.0 Å². The molecule has 1 rings (SSSR count). The molecule has 0 unspecified atom stereocenters. The number of amides is 2. The second-order valence-electron chi connectivity index (χ2n) is 12.0. The molecule has 1 aromatic rings. The van der Waals surface area contributed by atoms with Crippen LogP contribution in [0.1, 0.15) is 72.8 Å². The van der Waals surface area contributed by atoms with Gasteiger partial charge in [-0.1, -0.05) is 0 Å². The number of carbonyl (C=O) groups excluding carboxylic acids is 3. The number of methoxy groups -OCH3 is 2. The van der Waals surface area contributed by atoms with Crippen molar-refractivity contribution >= 4 is 23.7 Å². The van der Waals surface area contributed by atoms with Gasteiger partial charge in [-0.3, -0.25) is 19.7 Å². The molecule has 0 aromatic heterocycles. The first-order valence-electron chi connectivity index (χ1n) is 15.3. The van der Waals surface area contributed by atoms with Gasteiger partial charge in [0.05, 0.1) is 68.9 Å². The molecule has 3 N–H and O–H groups in total.